The number of benzene rings is 2. The number of nitrogen functional groups attached to an aromatic ring is 1. The fraction of sp³-hybridized carbons (Fsp3) is 0. The largest absolute Gasteiger partial charge is 0.506 e. The number of anilines is 1. The van der Waals surface area contributed by atoms with Gasteiger partial charge in [-0.2, -0.15) is 0 Å². The Bertz CT molecular complexity index is 739. The lowest BCUT2D eigenvalue weighted by Crippen LogP contribution is -1.85. The Kier molecular flexibility index (Phi) is 2.72. The summed E-state index contributed by atoms with van der Waals surface area (Å²) in [5.41, 5.74) is 7.79. The van der Waals surface area contributed by atoms with Crippen LogP contribution in [0.25, 0.3) is 20.8 Å². The Morgan fingerprint density at radius 3 is 2.78 bits per heavy atom. The number of phenols is 1. The van der Waals surface area contributed by atoms with Crippen molar-refractivity contribution in [1.29, 1.82) is 0 Å². The third-order valence-electron chi connectivity index (χ3n) is 2.63. The highest BCUT2D eigenvalue weighted by atomic mass is 79.9. The molecule has 3 aromatic rings. The first-order valence-corrected chi connectivity index (χ1v) is 6.89. The Balaban J connectivity index is 2.16. The van der Waals surface area contributed by atoms with Crippen LogP contribution in [-0.4, -0.2) is 10.1 Å². The van der Waals surface area contributed by atoms with E-state index >= 15 is 0 Å². The van der Waals surface area contributed by atoms with Crippen LogP contribution in [0.4, 0.5) is 5.69 Å². The van der Waals surface area contributed by atoms with Crippen LogP contribution in [0.15, 0.2) is 40.9 Å². The van der Waals surface area contributed by atoms with Crippen molar-refractivity contribution in [3.8, 4) is 16.3 Å². The Labute approximate surface area is 116 Å². The van der Waals surface area contributed by atoms with Crippen molar-refractivity contribution < 1.29 is 5.11 Å². The predicted octanol–water partition coefficient (Wildman–Crippen LogP) is 4.01. The fourth-order valence-electron chi connectivity index (χ4n) is 1.70. The molecule has 3 N–H and O–H groups in total. The number of thiazole rings is 1. The van der Waals surface area contributed by atoms with Gasteiger partial charge < -0.3 is 10.8 Å². The van der Waals surface area contributed by atoms with E-state index in [1.54, 1.807) is 23.5 Å². The van der Waals surface area contributed by atoms with Gasteiger partial charge in [0, 0.05) is 10.0 Å². The molecule has 0 saturated heterocycles. The monoisotopic (exact) mass is 320 g/mol. The van der Waals surface area contributed by atoms with E-state index in [9.17, 15) is 5.11 Å². The summed E-state index contributed by atoms with van der Waals surface area (Å²) in [6.45, 7) is 0. The second-order valence-corrected chi connectivity index (χ2v) is 5.85. The molecule has 0 amide bonds. The molecule has 0 atom stereocenters. The Morgan fingerprint density at radius 2 is 2.00 bits per heavy atom. The molecular formula is C13H9BrN2OS. The van der Waals surface area contributed by atoms with E-state index in [1.165, 1.54) is 0 Å². The summed E-state index contributed by atoms with van der Waals surface area (Å²) in [7, 11) is 0. The first-order valence-electron chi connectivity index (χ1n) is 5.28. The van der Waals surface area contributed by atoms with Gasteiger partial charge in [0.15, 0.2) is 0 Å². The second-order valence-electron chi connectivity index (χ2n) is 3.90. The van der Waals surface area contributed by atoms with E-state index in [-0.39, 0.29) is 5.75 Å². The molecule has 0 saturated carbocycles. The van der Waals surface area contributed by atoms with Crippen molar-refractivity contribution in [3.63, 3.8) is 0 Å². The van der Waals surface area contributed by atoms with Crippen molar-refractivity contribution in [3.05, 3.63) is 40.9 Å². The molecule has 0 aliphatic carbocycles. The number of hydrogen-bond donors (Lipinski definition) is 2. The topological polar surface area (TPSA) is 59.1 Å². The van der Waals surface area contributed by atoms with Gasteiger partial charge in [-0.3, -0.25) is 0 Å². The first-order chi connectivity index (χ1) is 8.63. The molecule has 0 bridgehead atoms. The molecule has 2 aromatic carbocycles. The third kappa shape index (κ3) is 1.95. The molecule has 1 heterocycles. The Hall–Kier alpha value is -1.59. The second kappa shape index (κ2) is 4.26. The van der Waals surface area contributed by atoms with Crippen LogP contribution in [0.1, 0.15) is 0 Å². The maximum Gasteiger partial charge on any atom is 0.139 e. The first kappa shape index (κ1) is 11.5. The van der Waals surface area contributed by atoms with E-state index in [2.05, 4.69) is 20.9 Å². The van der Waals surface area contributed by atoms with Gasteiger partial charge in [-0.05, 0) is 36.4 Å². The van der Waals surface area contributed by atoms with Gasteiger partial charge in [-0.15, -0.1) is 11.3 Å². The molecule has 0 fully saturated rings. The van der Waals surface area contributed by atoms with E-state index in [0.717, 1.165) is 25.3 Å². The summed E-state index contributed by atoms with van der Waals surface area (Å²) in [4.78, 5) is 4.54. The predicted molar refractivity (Wildman–Crippen MR) is 78.8 cm³/mol. The van der Waals surface area contributed by atoms with E-state index in [1.807, 2.05) is 24.3 Å². The highest BCUT2D eigenvalue weighted by Crippen LogP contribution is 2.34. The average molecular weight is 321 g/mol. The number of nitrogens with zero attached hydrogens (tertiary/aromatic N) is 1. The molecule has 0 unspecified atom stereocenters. The standard InChI is InChI=1S/C13H9BrN2OS/c14-8-2-4-10-12(6-8)18-13(16-10)7-1-3-9(15)11(17)5-7/h1-6,17H,15H2. The molecule has 3 nitrogen and oxygen atoms in total. The van der Waals surface area contributed by atoms with Crippen LogP contribution in [0.2, 0.25) is 0 Å². The number of aromatic nitrogens is 1. The number of halogens is 1. The SMILES string of the molecule is Nc1ccc(-c2nc3ccc(Br)cc3s2)cc1O. The lowest BCUT2D eigenvalue weighted by atomic mass is 10.2. The number of rotatable bonds is 1. The maximum absolute atomic E-state index is 9.62. The zero-order chi connectivity index (χ0) is 12.7. The Morgan fingerprint density at radius 1 is 1.17 bits per heavy atom. The summed E-state index contributed by atoms with van der Waals surface area (Å²) in [5.74, 6) is 0.0907. The lowest BCUT2D eigenvalue weighted by molar-refractivity contribution is 0.478. The van der Waals surface area contributed by atoms with Gasteiger partial charge in [0.2, 0.25) is 0 Å². The van der Waals surface area contributed by atoms with Crippen LogP contribution in [0, 0.1) is 0 Å². The van der Waals surface area contributed by atoms with Gasteiger partial charge >= 0.3 is 0 Å². The average Bonchev–Trinajstić information content (AvgIpc) is 2.75. The van der Waals surface area contributed by atoms with Gasteiger partial charge in [0.25, 0.3) is 0 Å². The summed E-state index contributed by atoms with van der Waals surface area (Å²) < 4.78 is 2.14. The summed E-state index contributed by atoms with van der Waals surface area (Å²) in [6, 6.07) is 11.2. The van der Waals surface area contributed by atoms with Crippen LogP contribution in [0.5, 0.6) is 5.75 Å². The van der Waals surface area contributed by atoms with Crippen molar-refractivity contribution in [2.45, 2.75) is 0 Å². The number of nitrogens with two attached hydrogens (primary N) is 1. The van der Waals surface area contributed by atoms with Gasteiger partial charge in [-0.1, -0.05) is 15.9 Å². The van der Waals surface area contributed by atoms with Gasteiger partial charge in [0.05, 0.1) is 15.9 Å². The minimum Gasteiger partial charge on any atom is -0.506 e. The maximum atomic E-state index is 9.62. The molecule has 3 rings (SSSR count). The molecule has 90 valence electrons. The lowest BCUT2D eigenvalue weighted by Gasteiger charge is -2.00. The minimum absolute atomic E-state index is 0.0907. The fourth-order valence-corrected chi connectivity index (χ4v) is 3.21. The van der Waals surface area contributed by atoms with Gasteiger partial charge in [-0.25, -0.2) is 4.98 Å². The van der Waals surface area contributed by atoms with Crippen LogP contribution >= 0.6 is 27.3 Å². The van der Waals surface area contributed by atoms with Crippen molar-refractivity contribution in [1.82, 2.24) is 4.98 Å². The highest BCUT2D eigenvalue weighted by Gasteiger charge is 2.08. The van der Waals surface area contributed by atoms with Crippen LogP contribution in [-0.2, 0) is 0 Å². The number of aromatic hydroxyl groups is 1. The molecule has 5 heteroatoms. The number of fused-ring (bicyclic) bond motifs is 1. The number of hydrogen-bond acceptors (Lipinski definition) is 4. The van der Waals surface area contributed by atoms with Gasteiger partial charge in [0.1, 0.15) is 10.8 Å². The van der Waals surface area contributed by atoms with Crippen molar-refractivity contribution in [2.24, 2.45) is 0 Å². The molecule has 0 aliphatic rings. The zero-order valence-electron chi connectivity index (χ0n) is 9.22. The smallest absolute Gasteiger partial charge is 0.139 e. The molecule has 0 spiro atoms. The molecule has 1 aromatic heterocycles. The van der Waals surface area contributed by atoms with E-state index in [0.29, 0.717) is 5.69 Å². The van der Waals surface area contributed by atoms with Crippen LogP contribution in [0.3, 0.4) is 0 Å². The summed E-state index contributed by atoms with van der Waals surface area (Å²) in [5, 5.41) is 10.5. The van der Waals surface area contributed by atoms with Crippen molar-refractivity contribution in [2.75, 3.05) is 5.73 Å². The summed E-state index contributed by atoms with van der Waals surface area (Å²) in [6.07, 6.45) is 0. The highest BCUT2D eigenvalue weighted by molar-refractivity contribution is 9.10. The quantitative estimate of drug-likeness (QED) is 0.526. The third-order valence-corrected chi connectivity index (χ3v) is 4.19. The van der Waals surface area contributed by atoms with Crippen molar-refractivity contribution >= 4 is 43.2 Å². The molecule has 18 heavy (non-hydrogen) atoms. The van der Waals surface area contributed by atoms with E-state index in [4.69, 9.17) is 5.73 Å². The van der Waals surface area contributed by atoms with E-state index < -0.39 is 0 Å². The molecule has 0 radical (unpaired) electrons. The minimum atomic E-state index is 0.0907. The summed E-state index contributed by atoms with van der Waals surface area (Å²) >= 11 is 5.03. The number of phenolic OH excluding ortho intramolecular Hbond substituents is 1. The molecule has 0 aliphatic heterocycles. The zero-order valence-corrected chi connectivity index (χ0v) is 11.6. The van der Waals surface area contributed by atoms with Crippen LogP contribution < -0.4 is 5.73 Å². The normalized spacial score (nSPS) is 10.9. The molecular weight excluding hydrogens is 312 g/mol.